The zero-order chi connectivity index (χ0) is 15.4. The highest BCUT2D eigenvalue weighted by atomic mass is 16.6. The largest absolute Gasteiger partial charge is 0.497 e. The van der Waals surface area contributed by atoms with E-state index in [2.05, 4.69) is 4.98 Å². The molecule has 0 aliphatic carbocycles. The van der Waals surface area contributed by atoms with Crippen LogP contribution in [0.15, 0.2) is 36.5 Å². The van der Waals surface area contributed by atoms with E-state index in [-0.39, 0.29) is 17.3 Å². The van der Waals surface area contributed by atoms with Crippen molar-refractivity contribution in [1.29, 1.82) is 0 Å². The summed E-state index contributed by atoms with van der Waals surface area (Å²) < 4.78 is 10.5. The Morgan fingerprint density at radius 3 is 2.71 bits per heavy atom. The maximum absolute atomic E-state index is 11.0. The van der Waals surface area contributed by atoms with Gasteiger partial charge in [-0.1, -0.05) is 0 Å². The number of hydrogen-bond acceptors (Lipinski definition) is 6. The van der Waals surface area contributed by atoms with Gasteiger partial charge in [-0.05, 0) is 24.6 Å². The van der Waals surface area contributed by atoms with Gasteiger partial charge in [-0.3, -0.25) is 10.1 Å². The van der Waals surface area contributed by atoms with Crippen LogP contribution in [0.25, 0.3) is 0 Å². The molecule has 7 nitrogen and oxygen atoms in total. The van der Waals surface area contributed by atoms with Crippen molar-refractivity contribution >= 4 is 5.69 Å². The summed E-state index contributed by atoms with van der Waals surface area (Å²) in [6, 6.07) is 7.34. The maximum atomic E-state index is 11.0. The van der Waals surface area contributed by atoms with E-state index in [9.17, 15) is 15.2 Å². The van der Waals surface area contributed by atoms with Crippen molar-refractivity contribution in [3.8, 4) is 17.4 Å². The highest BCUT2D eigenvalue weighted by molar-refractivity contribution is 5.52. The average molecular weight is 290 g/mol. The van der Waals surface area contributed by atoms with Crippen LogP contribution in [0, 0.1) is 10.1 Å². The Labute approximate surface area is 120 Å². The first-order valence-corrected chi connectivity index (χ1v) is 6.15. The molecule has 110 valence electrons. The van der Waals surface area contributed by atoms with E-state index in [0.29, 0.717) is 11.3 Å². The molecule has 21 heavy (non-hydrogen) atoms. The molecular formula is C14H14N2O5. The molecule has 1 aromatic carbocycles. The summed E-state index contributed by atoms with van der Waals surface area (Å²) in [5, 5.41) is 20.5. The summed E-state index contributed by atoms with van der Waals surface area (Å²) in [7, 11) is 1.46. The number of benzene rings is 1. The summed E-state index contributed by atoms with van der Waals surface area (Å²) in [6.07, 6.45) is 0.777. The fourth-order valence-electron chi connectivity index (χ4n) is 1.71. The van der Waals surface area contributed by atoms with Crippen LogP contribution in [0.2, 0.25) is 0 Å². The number of rotatable bonds is 5. The van der Waals surface area contributed by atoms with Crippen molar-refractivity contribution in [2.24, 2.45) is 0 Å². The number of nitrogens with zero attached hydrogens (tertiary/aromatic N) is 2. The maximum Gasteiger partial charge on any atom is 0.311 e. The van der Waals surface area contributed by atoms with Gasteiger partial charge in [-0.15, -0.1) is 0 Å². The summed E-state index contributed by atoms with van der Waals surface area (Å²) >= 11 is 0. The number of methoxy groups -OCH3 is 1. The second-order valence-electron chi connectivity index (χ2n) is 4.30. The fraction of sp³-hybridized carbons (Fsp3) is 0.214. The lowest BCUT2D eigenvalue weighted by Gasteiger charge is -2.09. The van der Waals surface area contributed by atoms with Crippen LogP contribution < -0.4 is 9.47 Å². The van der Waals surface area contributed by atoms with Gasteiger partial charge in [0, 0.05) is 24.4 Å². The molecule has 0 unspecified atom stereocenters. The molecule has 0 aliphatic rings. The molecule has 0 aliphatic heterocycles. The molecule has 2 rings (SSSR count). The normalized spacial score (nSPS) is 11.8. The van der Waals surface area contributed by atoms with Gasteiger partial charge in [0.25, 0.3) is 0 Å². The van der Waals surface area contributed by atoms with E-state index in [4.69, 9.17) is 9.47 Å². The van der Waals surface area contributed by atoms with E-state index in [1.165, 1.54) is 37.6 Å². The van der Waals surface area contributed by atoms with Gasteiger partial charge in [-0.2, -0.15) is 0 Å². The third-order valence-corrected chi connectivity index (χ3v) is 2.82. The lowest BCUT2D eigenvalue weighted by Crippen LogP contribution is -1.97. The summed E-state index contributed by atoms with van der Waals surface area (Å²) in [5.74, 6) is 0.613. The van der Waals surface area contributed by atoms with Crippen molar-refractivity contribution in [1.82, 2.24) is 4.98 Å². The molecule has 0 spiro atoms. The molecule has 1 aromatic heterocycles. The predicted molar refractivity (Wildman–Crippen MR) is 74.6 cm³/mol. The highest BCUT2D eigenvalue weighted by Gasteiger charge is 2.17. The van der Waals surface area contributed by atoms with E-state index in [0.717, 1.165) is 0 Å². The second-order valence-corrected chi connectivity index (χ2v) is 4.30. The highest BCUT2D eigenvalue weighted by Crippen LogP contribution is 2.34. The number of hydrogen-bond donors (Lipinski definition) is 1. The van der Waals surface area contributed by atoms with Gasteiger partial charge >= 0.3 is 5.69 Å². The van der Waals surface area contributed by atoms with E-state index in [1.807, 2.05) is 0 Å². The fourth-order valence-corrected chi connectivity index (χ4v) is 1.71. The Morgan fingerprint density at radius 1 is 1.33 bits per heavy atom. The molecular weight excluding hydrogens is 276 g/mol. The van der Waals surface area contributed by atoms with E-state index < -0.39 is 11.0 Å². The topological polar surface area (TPSA) is 94.7 Å². The Kier molecular flexibility index (Phi) is 4.34. The van der Waals surface area contributed by atoms with Gasteiger partial charge in [-0.25, -0.2) is 4.98 Å². The number of aliphatic hydroxyl groups excluding tert-OH is 1. The second kappa shape index (κ2) is 6.19. The van der Waals surface area contributed by atoms with Crippen molar-refractivity contribution in [3.63, 3.8) is 0 Å². The van der Waals surface area contributed by atoms with E-state index in [1.54, 1.807) is 13.0 Å². The molecule has 1 heterocycles. The molecule has 0 radical (unpaired) electrons. The standard InChI is InChI=1S/C14H14N2O5/c1-9(17)10-5-6-15-14(7-10)21-13-8-11(20-2)3-4-12(13)16(18)19/h3-9,17H,1-2H3/t9-/m1/s1. The van der Waals surface area contributed by atoms with Gasteiger partial charge in [0.1, 0.15) is 5.75 Å². The third kappa shape index (κ3) is 3.46. The summed E-state index contributed by atoms with van der Waals surface area (Å²) in [4.78, 5) is 14.4. The Hall–Kier alpha value is -2.67. The number of pyridine rings is 1. The first-order chi connectivity index (χ1) is 10.0. The van der Waals surface area contributed by atoms with Crippen molar-refractivity contribution in [3.05, 3.63) is 52.2 Å². The number of aliphatic hydroxyl groups is 1. The van der Waals surface area contributed by atoms with Crippen LogP contribution >= 0.6 is 0 Å². The molecule has 0 saturated carbocycles. The van der Waals surface area contributed by atoms with Crippen molar-refractivity contribution in [2.75, 3.05) is 7.11 Å². The Balaban J connectivity index is 2.38. The Morgan fingerprint density at radius 2 is 2.10 bits per heavy atom. The molecule has 1 N–H and O–H groups in total. The zero-order valence-electron chi connectivity index (χ0n) is 11.5. The molecule has 0 fully saturated rings. The monoisotopic (exact) mass is 290 g/mol. The van der Waals surface area contributed by atoms with Crippen molar-refractivity contribution in [2.45, 2.75) is 13.0 Å². The molecule has 7 heteroatoms. The van der Waals surface area contributed by atoms with Crippen molar-refractivity contribution < 1.29 is 19.5 Å². The lowest BCUT2D eigenvalue weighted by atomic mass is 10.2. The van der Waals surface area contributed by atoms with Gasteiger partial charge in [0.05, 0.1) is 18.1 Å². The van der Waals surface area contributed by atoms with Crippen LogP contribution in [0.4, 0.5) is 5.69 Å². The summed E-state index contributed by atoms with van der Waals surface area (Å²) in [6.45, 7) is 1.60. The Bertz CT molecular complexity index is 658. The first-order valence-electron chi connectivity index (χ1n) is 6.15. The van der Waals surface area contributed by atoms with Crippen LogP contribution in [0.3, 0.4) is 0 Å². The number of nitro groups is 1. The molecule has 2 aromatic rings. The molecule has 1 atom stereocenters. The minimum absolute atomic E-state index is 0.0228. The van der Waals surface area contributed by atoms with E-state index >= 15 is 0 Å². The molecule has 0 saturated heterocycles. The zero-order valence-corrected chi connectivity index (χ0v) is 11.5. The predicted octanol–water partition coefficient (Wildman–Crippen LogP) is 2.84. The van der Waals surface area contributed by atoms with Crippen LogP contribution in [0.5, 0.6) is 17.4 Å². The quantitative estimate of drug-likeness (QED) is 0.672. The molecule has 0 amide bonds. The van der Waals surface area contributed by atoms with Crippen LogP contribution in [0.1, 0.15) is 18.6 Å². The minimum atomic E-state index is -0.685. The third-order valence-electron chi connectivity index (χ3n) is 2.82. The number of aromatic nitrogens is 1. The van der Waals surface area contributed by atoms with Crippen LogP contribution in [-0.2, 0) is 0 Å². The lowest BCUT2D eigenvalue weighted by molar-refractivity contribution is -0.385. The smallest absolute Gasteiger partial charge is 0.311 e. The minimum Gasteiger partial charge on any atom is -0.497 e. The van der Waals surface area contributed by atoms with Gasteiger partial charge in [0.2, 0.25) is 11.6 Å². The number of nitro benzene ring substituents is 1. The SMILES string of the molecule is COc1ccc([N+](=O)[O-])c(Oc2cc([C@@H](C)O)ccn2)c1. The average Bonchev–Trinajstić information content (AvgIpc) is 2.47. The molecule has 0 bridgehead atoms. The van der Waals surface area contributed by atoms with Crippen LogP contribution in [-0.4, -0.2) is 22.1 Å². The first kappa shape index (κ1) is 14.7. The number of ether oxygens (including phenoxy) is 2. The van der Waals surface area contributed by atoms with Gasteiger partial charge in [0.15, 0.2) is 0 Å². The summed E-state index contributed by atoms with van der Waals surface area (Å²) in [5.41, 5.74) is 0.408. The van der Waals surface area contributed by atoms with Gasteiger partial charge < -0.3 is 14.6 Å².